The first kappa shape index (κ1) is 15.0. The van der Waals surface area contributed by atoms with Gasteiger partial charge in [-0.25, -0.2) is 15.4 Å². The van der Waals surface area contributed by atoms with Crippen LogP contribution in [0.25, 0.3) is 0 Å². The van der Waals surface area contributed by atoms with Crippen LogP contribution in [0.15, 0.2) is 24.3 Å². The normalized spacial score (nSPS) is 15.0. The van der Waals surface area contributed by atoms with E-state index in [1.165, 1.54) is 19.2 Å². The third kappa shape index (κ3) is 4.06. The van der Waals surface area contributed by atoms with Crippen LogP contribution in [0.4, 0.5) is 11.6 Å². The molecule has 2 heterocycles. The number of hydrogen-bond acceptors (Lipinski definition) is 7. The summed E-state index contributed by atoms with van der Waals surface area (Å²) in [5, 5.41) is 5.56. The number of hydrazine groups is 1. The van der Waals surface area contributed by atoms with E-state index in [9.17, 15) is 4.79 Å². The van der Waals surface area contributed by atoms with Crippen LogP contribution in [0.1, 0.15) is 12.8 Å². The number of nitrogens with zero attached hydrogens (tertiary/aromatic N) is 3. The van der Waals surface area contributed by atoms with Crippen LogP contribution in [0, 0.1) is 0 Å². The van der Waals surface area contributed by atoms with Gasteiger partial charge in [0, 0.05) is 39.5 Å². The summed E-state index contributed by atoms with van der Waals surface area (Å²) >= 11 is 0. The highest BCUT2D eigenvalue weighted by Gasteiger charge is 2.15. The van der Waals surface area contributed by atoms with Gasteiger partial charge in [-0.1, -0.05) is 0 Å². The first-order chi connectivity index (χ1) is 10.2. The predicted molar refractivity (Wildman–Crippen MR) is 81.4 cm³/mol. The van der Waals surface area contributed by atoms with E-state index in [2.05, 4.69) is 36.4 Å². The van der Waals surface area contributed by atoms with Crippen molar-refractivity contribution < 1.29 is 4.79 Å². The minimum Gasteiger partial charge on any atom is -0.392 e. The molecule has 0 aliphatic carbocycles. The van der Waals surface area contributed by atoms with Gasteiger partial charge in [0.15, 0.2) is 0 Å². The quantitative estimate of drug-likeness (QED) is 0.426. The Morgan fingerprint density at radius 3 is 2.71 bits per heavy atom. The molecule has 1 saturated heterocycles. The molecular formula is C13H21N7O. The first-order valence-corrected chi connectivity index (χ1v) is 6.93. The molecule has 0 aromatic carbocycles. The van der Waals surface area contributed by atoms with E-state index in [1.807, 2.05) is 0 Å². The van der Waals surface area contributed by atoms with Crippen molar-refractivity contribution >= 4 is 17.5 Å². The summed E-state index contributed by atoms with van der Waals surface area (Å²) < 4.78 is 0. The predicted octanol–water partition coefficient (Wildman–Crippen LogP) is -0.200. The number of nitrogens with one attached hydrogen (secondary N) is 4. The Kier molecular flexibility index (Phi) is 5.33. The molecule has 0 unspecified atom stereocenters. The summed E-state index contributed by atoms with van der Waals surface area (Å²) in [5.41, 5.74) is 5.83. The van der Waals surface area contributed by atoms with E-state index < -0.39 is 0 Å². The van der Waals surface area contributed by atoms with Crippen molar-refractivity contribution in [2.75, 3.05) is 37.4 Å². The fourth-order valence-electron chi connectivity index (χ4n) is 2.16. The minimum absolute atomic E-state index is 0.287. The summed E-state index contributed by atoms with van der Waals surface area (Å²) in [6.45, 7) is 1.99. The van der Waals surface area contributed by atoms with Gasteiger partial charge < -0.3 is 21.0 Å². The lowest BCUT2D eigenvalue weighted by atomic mass is 10.4. The van der Waals surface area contributed by atoms with Gasteiger partial charge in [0.05, 0.1) is 0 Å². The average Bonchev–Trinajstić information content (AvgIpc) is 3.01. The second kappa shape index (κ2) is 7.44. The van der Waals surface area contributed by atoms with Gasteiger partial charge in [0.25, 0.3) is 5.91 Å². The number of carbonyl (C=O) groups is 1. The maximum Gasteiger partial charge on any atom is 0.275 e. The summed E-state index contributed by atoms with van der Waals surface area (Å²) in [5.74, 6) is 1.04. The van der Waals surface area contributed by atoms with Crippen molar-refractivity contribution in [3.05, 3.63) is 24.3 Å². The molecular weight excluding hydrogens is 270 g/mol. The van der Waals surface area contributed by atoms with Crippen molar-refractivity contribution in [3.63, 3.8) is 0 Å². The van der Waals surface area contributed by atoms with Crippen molar-refractivity contribution in [1.82, 2.24) is 26.1 Å². The number of amides is 1. The monoisotopic (exact) mass is 291 g/mol. The molecule has 114 valence electrons. The van der Waals surface area contributed by atoms with Crippen LogP contribution in [-0.4, -0.2) is 43.1 Å². The Hall–Kier alpha value is -2.35. The van der Waals surface area contributed by atoms with Crippen molar-refractivity contribution in [2.45, 2.75) is 12.8 Å². The molecule has 0 radical (unpaired) electrons. The van der Waals surface area contributed by atoms with Gasteiger partial charge in [-0.05, 0) is 12.8 Å². The Morgan fingerprint density at radius 1 is 1.29 bits per heavy atom. The third-order valence-corrected chi connectivity index (χ3v) is 3.12. The summed E-state index contributed by atoms with van der Waals surface area (Å²) in [7, 11) is 3.41. The van der Waals surface area contributed by atoms with E-state index in [0.29, 0.717) is 11.5 Å². The maximum atomic E-state index is 12.1. The van der Waals surface area contributed by atoms with Gasteiger partial charge in [-0.3, -0.25) is 4.79 Å². The molecule has 8 heteroatoms. The Balaban J connectivity index is 2.06. The lowest BCUT2D eigenvalue weighted by molar-refractivity contribution is -0.113. The zero-order valence-electron chi connectivity index (χ0n) is 12.3. The van der Waals surface area contributed by atoms with Gasteiger partial charge in [-0.15, -0.1) is 0 Å². The number of anilines is 2. The summed E-state index contributed by atoms with van der Waals surface area (Å²) in [6, 6.07) is 1.79. The van der Waals surface area contributed by atoms with Crippen molar-refractivity contribution in [3.8, 4) is 0 Å². The Bertz CT molecular complexity index is 511. The Labute approximate surface area is 124 Å². The first-order valence-electron chi connectivity index (χ1n) is 6.93. The Morgan fingerprint density at radius 2 is 2.05 bits per heavy atom. The number of aromatic nitrogens is 2. The SMILES string of the molecule is CN/C=C(\NNC)C(=O)Nc1cc(N2CCCC2)ncn1. The highest BCUT2D eigenvalue weighted by atomic mass is 16.2. The molecule has 0 bridgehead atoms. The number of carbonyl (C=O) groups excluding carboxylic acids is 1. The molecule has 2 rings (SSSR count). The zero-order valence-corrected chi connectivity index (χ0v) is 12.3. The van der Waals surface area contributed by atoms with Crippen molar-refractivity contribution in [2.24, 2.45) is 0 Å². The fourth-order valence-corrected chi connectivity index (χ4v) is 2.16. The second-order valence-electron chi connectivity index (χ2n) is 4.63. The molecule has 1 fully saturated rings. The lowest BCUT2D eigenvalue weighted by Gasteiger charge is -2.16. The van der Waals surface area contributed by atoms with E-state index in [0.717, 1.165) is 18.9 Å². The minimum atomic E-state index is -0.287. The second-order valence-corrected chi connectivity index (χ2v) is 4.63. The zero-order chi connectivity index (χ0) is 15.1. The van der Waals surface area contributed by atoms with Crippen LogP contribution in [0.3, 0.4) is 0 Å². The molecule has 0 spiro atoms. The summed E-state index contributed by atoms with van der Waals surface area (Å²) in [6.07, 6.45) is 5.38. The van der Waals surface area contributed by atoms with Crippen molar-refractivity contribution in [1.29, 1.82) is 0 Å². The standard InChI is InChI=1S/C13H21N7O/c1-14-8-10(19-15-2)13(21)18-11-7-12(17-9-16-11)20-5-3-4-6-20/h7-9,14-15,19H,3-6H2,1-2H3,(H,16,17,18,21)/b10-8-. The lowest BCUT2D eigenvalue weighted by Crippen LogP contribution is -2.34. The summed E-state index contributed by atoms with van der Waals surface area (Å²) in [4.78, 5) is 22.7. The molecule has 0 atom stereocenters. The van der Waals surface area contributed by atoms with E-state index in [1.54, 1.807) is 26.4 Å². The van der Waals surface area contributed by atoms with Crippen LogP contribution in [0.5, 0.6) is 0 Å². The molecule has 4 N–H and O–H groups in total. The molecule has 1 aliphatic rings. The topological polar surface area (TPSA) is 94.2 Å². The van der Waals surface area contributed by atoms with E-state index in [4.69, 9.17) is 0 Å². The number of hydrogen-bond donors (Lipinski definition) is 4. The van der Waals surface area contributed by atoms with E-state index in [-0.39, 0.29) is 5.91 Å². The van der Waals surface area contributed by atoms with Crippen LogP contribution < -0.4 is 26.4 Å². The van der Waals surface area contributed by atoms with Gasteiger partial charge in [0.2, 0.25) is 0 Å². The largest absolute Gasteiger partial charge is 0.392 e. The average molecular weight is 291 g/mol. The highest BCUT2D eigenvalue weighted by molar-refractivity contribution is 6.02. The fraction of sp³-hybridized carbons (Fsp3) is 0.462. The third-order valence-electron chi connectivity index (χ3n) is 3.12. The molecule has 21 heavy (non-hydrogen) atoms. The smallest absolute Gasteiger partial charge is 0.275 e. The molecule has 0 saturated carbocycles. The number of rotatable bonds is 6. The van der Waals surface area contributed by atoms with E-state index >= 15 is 0 Å². The molecule has 1 aromatic rings. The molecule has 8 nitrogen and oxygen atoms in total. The molecule has 1 aliphatic heterocycles. The van der Waals surface area contributed by atoms with Gasteiger partial charge in [0.1, 0.15) is 23.7 Å². The molecule has 1 amide bonds. The van der Waals surface area contributed by atoms with Gasteiger partial charge in [-0.2, -0.15) is 0 Å². The maximum absolute atomic E-state index is 12.1. The molecule has 1 aromatic heterocycles. The van der Waals surface area contributed by atoms with Crippen LogP contribution in [-0.2, 0) is 4.79 Å². The van der Waals surface area contributed by atoms with Gasteiger partial charge >= 0.3 is 0 Å². The highest BCUT2D eigenvalue weighted by Crippen LogP contribution is 2.19. The van der Waals surface area contributed by atoms with Crippen LogP contribution in [0.2, 0.25) is 0 Å². The van der Waals surface area contributed by atoms with Crippen LogP contribution >= 0.6 is 0 Å².